The fourth-order valence-corrected chi connectivity index (χ4v) is 3.71. The summed E-state index contributed by atoms with van der Waals surface area (Å²) < 4.78 is 0. The van der Waals surface area contributed by atoms with Gasteiger partial charge in [0.2, 0.25) is 5.91 Å². The third kappa shape index (κ3) is 4.09. The maximum atomic E-state index is 12.8. The van der Waals surface area contributed by atoms with Gasteiger partial charge in [0.1, 0.15) is 0 Å². The van der Waals surface area contributed by atoms with Gasteiger partial charge in [0, 0.05) is 30.4 Å². The number of likely N-dealkylation sites (tertiary alicyclic amines) is 1. The van der Waals surface area contributed by atoms with Gasteiger partial charge in [-0.3, -0.25) is 9.59 Å². The van der Waals surface area contributed by atoms with E-state index in [1.54, 1.807) is 0 Å². The molecule has 1 aliphatic heterocycles. The molecule has 1 saturated heterocycles. The van der Waals surface area contributed by atoms with Crippen LogP contribution < -0.4 is 11.1 Å². The Balaban J connectivity index is 2.16. The third-order valence-electron chi connectivity index (χ3n) is 6.01. The number of carbonyl (C=O) groups excluding carboxylic acids is 2. The standard InChI is InChI=1S/C21H33N3O2/c1-5-21(6-2,14-22)20(26)23-18-11-10-17(13-15(18)3)19(25)24-12-8-7-9-16(24)4/h10-11,13,16H,5-9,12,14,22H2,1-4H3,(H,23,26). The number of piperidine rings is 1. The van der Waals surface area contributed by atoms with E-state index in [1.165, 1.54) is 6.42 Å². The molecule has 0 aliphatic carbocycles. The fraction of sp³-hybridized carbons (Fsp3) is 0.619. The SMILES string of the molecule is CCC(CC)(CN)C(=O)Nc1ccc(C(=O)N2CCCCC2C)cc1C. The Bertz CT molecular complexity index is 644. The van der Waals surface area contributed by atoms with Crippen molar-refractivity contribution in [2.75, 3.05) is 18.4 Å². The van der Waals surface area contributed by atoms with E-state index >= 15 is 0 Å². The minimum Gasteiger partial charge on any atom is -0.336 e. The van der Waals surface area contributed by atoms with E-state index in [-0.39, 0.29) is 17.9 Å². The second-order valence-electron chi connectivity index (χ2n) is 7.52. The average molecular weight is 360 g/mol. The summed E-state index contributed by atoms with van der Waals surface area (Å²) in [7, 11) is 0. The van der Waals surface area contributed by atoms with Gasteiger partial charge in [-0.25, -0.2) is 0 Å². The van der Waals surface area contributed by atoms with E-state index in [0.29, 0.717) is 24.9 Å². The summed E-state index contributed by atoms with van der Waals surface area (Å²) in [6.45, 7) is 9.17. The van der Waals surface area contributed by atoms with Gasteiger partial charge in [-0.1, -0.05) is 13.8 Å². The molecule has 1 aliphatic rings. The molecule has 3 N–H and O–H groups in total. The molecule has 1 aromatic rings. The van der Waals surface area contributed by atoms with E-state index in [2.05, 4.69) is 12.2 Å². The molecule has 1 aromatic carbocycles. The highest BCUT2D eigenvalue weighted by Crippen LogP contribution is 2.28. The first kappa shape index (κ1) is 20.4. The molecule has 0 spiro atoms. The van der Waals surface area contributed by atoms with Crippen LogP contribution in [0.3, 0.4) is 0 Å². The maximum absolute atomic E-state index is 12.8. The minimum absolute atomic E-state index is 0.0446. The Morgan fingerprint density at radius 3 is 2.50 bits per heavy atom. The number of amides is 2. The number of benzene rings is 1. The summed E-state index contributed by atoms with van der Waals surface area (Å²) in [5.74, 6) is 0.0356. The van der Waals surface area contributed by atoms with Crippen molar-refractivity contribution in [2.24, 2.45) is 11.1 Å². The summed E-state index contributed by atoms with van der Waals surface area (Å²) in [5, 5.41) is 3.01. The molecule has 26 heavy (non-hydrogen) atoms. The summed E-state index contributed by atoms with van der Waals surface area (Å²) in [6, 6.07) is 5.81. The highest BCUT2D eigenvalue weighted by Gasteiger charge is 2.33. The van der Waals surface area contributed by atoms with Crippen LogP contribution in [-0.2, 0) is 4.79 Å². The Morgan fingerprint density at radius 1 is 1.27 bits per heavy atom. The molecule has 1 heterocycles. The Labute approximate surface area is 157 Å². The maximum Gasteiger partial charge on any atom is 0.254 e. The molecule has 0 bridgehead atoms. The van der Waals surface area contributed by atoms with Crippen LogP contribution in [0.4, 0.5) is 5.69 Å². The topological polar surface area (TPSA) is 75.4 Å². The van der Waals surface area contributed by atoms with Crippen LogP contribution in [0.15, 0.2) is 18.2 Å². The van der Waals surface area contributed by atoms with Crippen LogP contribution in [0.5, 0.6) is 0 Å². The number of nitrogens with one attached hydrogen (secondary N) is 1. The van der Waals surface area contributed by atoms with Gasteiger partial charge in [-0.15, -0.1) is 0 Å². The van der Waals surface area contributed by atoms with Crippen molar-refractivity contribution < 1.29 is 9.59 Å². The van der Waals surface area contributed by atoms with E-state index < -0.39 is 5.41 Å². The predicted molar refractivity (Wildman–Crippen MR) is 106 cm³/mol. The van der Waals surface area contributed by atoms with E-state index in [1.807, 2.05) is 43.9 Å². The quantitative estimate of drug-likeness (QED) is 0.813. The van der Waals surface area contributed by atoms with Crippen molar-refractivity contribution in [3.05, 3.63) is 29.3 Å². The molecule has 5 heteroatoms. The summed E-state index contributed by atoms with van der Waals surface area (Å²) in [5.41, 5.74) is 7.66. The van der Waals surface area contributed by atoms with Crippen LogP contribution in [0.2, 0.25) is 0 Å². The van der Waals surface area contributed by atoms with Crippen molar-refractivity contribution in [1.29, 1.82) is 0 Å². The van der Waals surface area contributed by atoms with Crippen LogP contribution in [0.25, 0.3) is 0 Å². The Hall–Kier alpha value is -1.88. The minimum atomic E-state index is -0.538. The highest BCUT2D eigenvalue weighted by molar-refractivity contribution is 5.98. The van der Waals surface area contributed by atoms with Gasteiger partial charge in [-0.2, -0.15) is 0 Å². The van der Waals surface area contributed by atoms with E-state index in [0.717, 1.165) is 30.6 Å². The van der Waals surface area contributed by atoms with Gasteiger partial charge >= 0.3 is 0 Å². The molecule has 2 amide bonds. The zero-order valence-electron chi connectivity index (χ0n) is 16.6. The number of hydrogen-bond donors (Lipinski definition) is 2. The number of carbonyl (C=O) groups is 2. The normalized spacial score (nSPS) is 17.9. The molecule has 1 atom stereocenters. The number of nitrogens with two attached hydrogens (primary N) is 1. The van der Waals surface area contributed by atoms with Crippen LogP contribution in [0, 0.1) is 12.3 Å². The van der Waals surface area contributed by atoms with Gasteiger partial charge in [0.05, 0.1) is 5.41 Å². The summed E-state index contributed by atoms with van der Waals surface area (Å²) >= 11 is 0. The van der Waals surface area contributed by atoms with Gasteiger partial charge in [0.25, 0.3) is 5.91 Å². The number of rotatable bonds is 6. The molecule has 1 unspecified atom stereocenters. The first-order valence-corrected chi connectivity index (χ1v) is 9.81. The largest absolute Gasteiger partial charge is 0.336 e. The number of anilines is 1. The third-order valence-corrected chi connectivity index (χ3v) is 6.01. The zero-order valence-corrected chi connectivity index (χ0v) is 16.6. The first-order chi connectivity index (χ1) is 12.4. The monoisotopic (exact) mass is 359 g/mol. The van der Waals surface area contributed by atoms with Crippen LogP contribution >= 0.6 is 0 Å². The molecule has 1 fully saturated rings. The second-order valence-corrected chi connectivity index (χ2v) is 7.52. The highest BCUT2D eigenvalue weighted by atomic mass is 16.2. The number of aryl methyl sites for hydroxylation is 1. The average Bonchev–Trinajstić information content (AvgIpc) is 2.65. The van der Waals surface area contributed by atoms with Crippen LogP contribution in [0.1, 0.15) is 68.8 Å². The lowest BCUT2D eigenvalue weighted by Gasteiger charge is -2.33. The lowest BCUT2D eigenvalue weighted by atomic mass is 9.81. The van der Waals surface area contributed by atoms with Crippen molar-refractivity contribution in [3.63, 3.8) is 0 Å². The molecular formula is C21H33N3O2. The molecule has 0 radical (unpaired) electrons. The Morgan fingerprint density at radius 2 is 1.96 bits per heavy atom. The lowest BCUT2D eigenvalue weighted by molar-refractivity contribution is -0.125. The second kappa shape index (κ2) is 8.67. The number of hydrogen-bond acceptors (Lipinski definition) is 3. The summed E-state index contributed by atoms with van der Waals surface area (Å²) in [6.07, 6.45) is 4.72. The molecule has 144 valence electrons. The fourth-order valence-electron chi connectivity index (χ4n) is 3.71. The predicted octanol–water partition coefficient (Wildman–Crippen LogP) is 3.71. The smallest absolute Gasteiger partial charge is 0.254 e. The van der Waals surface area contributed by atoms with E-state index in [9.17, 15) is 9.59 Å². The lowest BCUT2D eigenvalue weighted by Crippen LogP contribution is -2.42. The van der Waals surface area contributed by atoms with Crippen molar-refractivity contribution in [1.82, 2.24) is 4.90 Å². The van der Waals surface area contributed by atoms with Gasteiger partial charge in [-0.05, 0) is 69.7 Å². The molecule has 0 aromatic heterocycles. The van der Waals surface area contributed by atoms with Crippen molar-refractivity contribution >= 4 is 17.5 Å². The molecule has 0 saturated carbocycles. The number of nitrogens with zero attached hydrogens (tertiary/aromatic N) is 1. The molecule has 2 rings (SSSR count). The van der Waals surface area contributed by atoms with E-state index in [4.69, 9.17) is 5.73 Å². The molecular weight excluding hydrogens is 326 g/mol. The van der Waals surface area contributed by atoms with Gasteiger partial charge in [0.15, 0.2) is 0 Å². The van der Waals surface area contributed by atoms with Crippen LogP contribution in [-0.4, -0.2) is 35.8 Å². The van der Waals surface area contributed by atoms with Crippen molar-refractivity contribution in [2.45, 2.75) is 65.8 Å². The molecule has 5 nitrogen and oxygen atoms in total. The van der Waals surface area contributed by atoms with Gasteiger partial charge < -0.3 is 16.0 Å². The Kier molecular flexibility index (Phi) is 6.81. The van der Waals surface area contributed by atoms with Crippen molar-refractivity contribution in [3.8, 4) is 0 Å². The summed E-state index contributed by atoms with van der Waals surface area (Å²) in [4.78, 5) is 27.5. The zero-order chi connectivity index (χ0) is 19.3. The first-order valence-electron chi connectivity index (χ1n) is 9.81.